The van der Waals surface area contributed by atoms with Crippen molar-refractivity contribution in [3.8, 4) is 5.75 Å². The molecule has 4 heteroatoms. The first-order valence-electron chi connectivity index (χ1n) is 6.17. The van der Waals surface area contributed by atoms with Gasteiger partial charge in [-0.05, 0) is 51.4 Å². The lowest BCUT2D eigenvalue weighted by Crippen LogP contribution is -2.22. The third kappa shape index (κ3) is 5.47. The summed E-state index contributed by atoms with van der Waals surface area (Å²) in [5.41, 5.74) is 6.10. The second-order valence-corrected chi connectivity index (χ2v) is 5.11. The minimum atomic E-state index is -0.350. The highest BCUT2D eigenvalue weighted by Crippen LogP contribution is 2.18. The summed E-state index contributed by atoms with van der Waals surface area (Å²) in [7, 11) is 0. The quantitative estimate of drug-likeness (QED) is 0.794. The van der Waals surface area contributed by atoms with Gasteiger partial charge in [-0.2, -0.15) is 0 Å². The minimum absolute atomic E-state index is 0.201. The lowest BCUT2D eigenvalue weighted by atomic mass is 10.1. The van der Waals surface area contributed by atoms with E-state index in [2.05, 4.69) is 0 Å². The van der Waals surface area contributed by atoms with E-state index in [1.807, 2.05) is 26.8 Å². The van der Waals surface area contributed by atoms with Crippen LogP contribution in [0.15, 0.2) is 18.2 Å². The molecule has 0 bridgehead atoms. The number of halogens is 1. The topological polar surface area (TPSA) is 44.5 Å². The van der Waals surface area contributed by atoms with E-state index in [0.717, 1.165) is 5.56 Å². The first kappa shape index (κ1) is 14.9. The van der Waals surface area contributed by atoms with E-state index >= 15 is 0 Å². The lowest BCUT2D eigenvalue weighted by molar-refractivity contribution is -0.0166. The van der Waals surface area contributed by atoms with Crippen molar-refractivity contribution in [1.82, 2.24) is 0 Å². The largest absolute Gasteiger partial charge is 0.488 e. The van der Waals surface area contributed by atoms with Crippen LogP contribution >= 0.6 is 0 Å². The number of rotatable bonds is 6. The summed E-state index contributed by atoms with van der Waals surface area (Å²) >= 11 is 0. The fourth-order valence-corrected chi connectivity index (χ4v) is 1.48. The van der Waals surface area contributed by atoms with Gasteiger partial charge in [0.1, 0.15) is 6.61 Å². The van der Waals surface area contributed by atoms with Crippen LogP contribution in [0.3, 0.4) is 0 Å². The summed E-state index contributed by atoms with van der Waals surface area (Å²) in [6.07, 6.45) is 0.671. The smallest absolute Gasteiger partial charge is 0.165 e. The van der Waals surface area contributed by atoms with Crippen molar-refractivity contribution < 1.29 is 13.9 Å². The molecule has 0 saturated heterocycles. The van der Waals surface area contributed by atoms with Crippen molar-refractivity contribution in [2.24, 2.45) is 5.73 Å². The molecule has 2 N–H and O–H groups in total. The van der Waals surface area contributed by atoms with Gasteiger partial charge < -0.3 is 15.2 Å². The number of hydrogen-bond acceptors (Lipinski definition) is 3. The maximum absolute atomic E-state index is 13.6. The molecule has 102 valence electrons. The van der Waals surface area contributed by atoms with E-state index in [-0.39, 0.29) is 17.2 Å². The minimum Gasteiger partial charge on any atom is -0.488 e. The second kappa shape index (κ2) is 6.71. The molecule has 0 saturated carbocycles. The molecule has 3 nitrogen and oxygen atoms in total. The first-order valence-corrected chi connectivity index (χ1v) is 6.17. The second-order valence-electron chi connectivity index (χ2n) is 5.11. The van der Waals surface area contributed by atoms with Gasteiger partial charge >= 0.3 is 0 Å². The lowest BCUT2D eigenvalue weighted by Gasteiger charge is -2.19. The van der Waals surface area contributed by atoms with Gasteiger partial charge in [0, 0.05) is 0 Å². The maximum atomic E-state index is 13.6. The van der Waals surface area contributed by atoms with Gasteiger partial charge in [-0.25, -0.2) is 4.39 Å². The van der Waals surface area contributed by atoms with Crippen LogP contribution in [-0.4, -0.2) is 25.4 Å². The van der Waals surface area contributed by atoms with Crippen LogP contribution in [0.1, 0.15) is 26.3 Å². The predicted molar refractivity (Wildman–Crippen MR) is 70.4 cm³/mol. The molecular weight excluding hydrogens is 233 g/mol. The third-order valence-corrected chi connectivity index (χ3v) is 2.31. The van der Waals surface area contributed by atoms with E-state index in [1.165, 1.54) is 6.07 Å². The van der Waals surface area contributed by atoms with Crippen LogP contribution in [0, 0.1) is 5.82 Å². The molecule has 0 heterocycles. The molecule has 0 fully saturated rings. The Morgan fingerprint density at radius 1 is 1.22 bits per heavy atom. The van der Waals surface area contributed by atoms with E-state index in [4.69, 9.17) is 15.2 Å². The highest BCUT2D eigenvalue weighted by molar-refractivity contribution is 5.29. The zero-order valence-corrected chi connectivity index (χ0v) is 11.3. The molecular formula is C14H22FNO2. The average molecular weight is 255 g/mol. The standard InChI is InChI=1S/C14H22FNO2/c1-14(2,3)18-9-8-17-13-5-4-11(6-7-16)10-12(13)15/h4-5,10H,6-9,16H2,1-3H3. The highest BCUT2D eigenvalue weighted by Gasteiger charge is 2.10. The molecule has 1 aromatic carbocycles. The fraction of sp³-hybridized carbons (Fsp3) is 0.571. The van der Waals surface area contributed by atoms with Gasteiger partial charge in [0.2, 0.25) is 0 Å². The fourth-order valence-electron chi connectivity index (χ4n) is 1.48. The average Bonchev–Trinajstić information content (AvgIpc) is 2.26. The zero-order valence-electron chi connectivity index (χ0n) is 11.3. The molecule has 0 radical (unpaired) electrons. The number of hydrogen-bond donors (Lipinski definition) is 1. The van der Waals surface area contributed by atoms with Crippen LogP contribution in [0.5, 0.6) is 5.75 Å². The number of benzene rings is 1. The Bertz CT molecular complexity index is 375. The molecule has 1 aromatic rings. The Kier molecular flexibility index (Phi) is 5.56. The van der Waals surface area contributed by atoms with E-state index < -0.39 is 0 Å². The number of ether oxygens (including phenoxy) is 2. The molecule has 0 spiro atoms. The summed E-state index contributed by atoms with van der Waals surface area (Å²) in [5, 5.41) is 0. The van der Waals surface area contributed by atoms with Crippen LogP contribution in [-0.2, 0) is 11.2 Å². The summed E-state index contributed by atoms with van der Waals surface area (Å²) in [6, 6.07) is 4.93. The van der Waals surface area contributed by atoms with E-state index in [1.54, 1.807) is 6.07 Å². The van der Waals surface area contributed by atoms with Gasteiger partial charge in [-0.15, -0.1) is 0 Å². The molecule has 0 unspecified atom stereocenters. The summed E-state index contributed by atoms with van der Waals surface area (Å²) in [5.74, 6) is -0.0926. The molecule has 0 aliphatic rings. The van der Waals surface area contributed by atoms with Gasteiger partial charge in [-0.1, -0.05) is 6.07 Å². The highest BCUT2D eigenvalue weighted by atomic mass is 19.1. The van der Waals surface area contributed by atoms with Crippen LogP contribution in [0.25, 0.3) is 0 Å². The van der Waals surface area contributed by atoms with Gasteiger partial charge in [0.15, 0.2) is 11.6 Å². The van der Waals surface area contributed by atoms with E-state index in [9.17, 15) is 4.39 Å². The molecule has 1 rings (SSSR count). The zero-order chi connectivity index (χ0) is 13.6. The summed E-state index contributed by atoms with van der Waals surface area (Å²) < 4.78 is 24.5. The van der Waals surface area contributed by atoms with Crippen molar-refractivity contribution >= 4 is 0 Å². The summed E-state index contributed by atoms with van der Waals surface area (Å²) in [6.45, 7) is 7.19. The van der Waals surface area contributed by atoms with E-state index in [0.29, 0.717) is 26.2 Å². The van der Waals surface area contributed by atoms with Gasteiger partial charge in [-0.3, -0.25) is 0 Å². The van der Waals surface area contributed by atoms with Gasteiger partial charge in [0.25, 0.3) is 0 Å². The Hall–Kier alpha value is -1.13. The molecule has 0 atom stereocenters. The van der Waals surface area contributed by atoms with Crippen LogP contribution in [0.2, 0.25) is 0 Å². The molecule has 0 aliphatic carbocycles. The summed E-state index contributed by atoms with van der Waals surface area (Å²) in [4.78, 5) is 0. The van der Waals surface area contributed by atoms with Crippen molar-refractivity contribution in [3.63, 3.8) is 0 Å². The first-order chi connectivity index (χ1) is 8.42. The number of nitrogens with two attached hydrogens (primary N) is 1. The molecule has 0 aliphatic heterocycles. The predicted octanol–water partition coefficient (Wildman–Crippen LogP) is 2.52. The van der Waals surface area contributed by atoms with Crippen molar-refractivity contribution in [2.75, 3.05) is 19.8 Å². The van der Waals surface area contributed by atoms with Crippen molar-refractivity contribution in [3.05, 3.63) is 29.6 Å². The van der Waals surface area contributed by atoms with Crippen molar-refractivity contribution in [2.45, 2.75) is 32.8 Å². The SMILES string of the molecule is CC(C)(C)OCCOc1ccc(CCN)cc1F. The monoisotopic (exact) mass is 255 g/mol. The Balaban J connectivity index is 2.43. The molecule has 0 aromatic heterocycles. The Morgan fingerprint density at radius 3 is 2.50 bits per heavy atom. The Morgan fingerprint density at radius 2 is 1.94 bits per heavy atom. The normalized spacial score (nSPS) is 11.6. The van der Waals surface area contributed by atoms with Crippen molar-refractivity contribution in [1.29, 1.82) is 0 Å². The molecule has 18 heavy (non-hydrogen) atoms. The third-order valence-electron chi connectivity index (χ3n) is 2.31. The molecule has 0 amide bonds. The van der Waals surface area contributed by atoms with Gasteiger partial charge in [0.05, 0.1) is 12.2 Å². The maximum Gasteiger partial charge on any atom is 0.165 e. The van der Waals surface area contributed by atoms with Crippen LogP contribution in [0.4, 0.5) is 4.39 Å². The van der Waals surface area contributed by atoms with Crippen LogP contribution < -0.4 is 10.5 Å². The Labute approximate surface area is 108 Å².